The number of nitrogens with one attached hydrogen (secondary N) is 1. The molecule has 96 valence electrons. The molecule has 0 radical (unpaired) electrons. The number of rotatable bonds is 3. The van der Waals surface area contributed by atoms with Gasteiger partial charge in [-0.1, -0.05) is 0 Å². The maximum absolute atomic E-state index is 4.43. The maximum atomic E-state index is 4.43. The van der Waals surface area contributed by atoms with Crippen LogP contribution in [0.5, 0.6) is 0 Å². The lowest BCUT2D eigenvalue weighted by Gasteiger charge is -2.16. The Morgan fingerprint density at radius 2 is 2.00 bits per heavy atom. The van der Waals surface area contributed by atoms with Crippen LogP contribution in [-0.2, 0) is 0 Å². The largest absolute Gasteiger partial charge is 0.363 e. The number of hydrogen-bond donors (Lipinski definition) is 1. The van der Waals surface area contributed by atoms with Gasteiger partial charge in [-0.3, -0.25) is 0 Å². The quantitative estimate of drug-likeness (QED) is 0.858. The Hall–Kier alpha value is -0.870. The molecule has 2 nitrogen and oxygen atoms in total. The van der Waals surface area contributed by atoms with E-state index in [1.807, 2.05) is 24.5 Å². The van der Waals surface area contributed by atoms with E-state index in [9.17, 15) is 0 Å². The van der Waals surface area contributed by atoms with Crippen LogP contribution in [0.3, 0.4) is 0 Å². The number of halogens is 1. The topological polar surface area (TPSA) is 24.9 Å². The third kappa shape index (κ3) is 2.93. The summed E-state index contributed by atoms with van der Waals surface area (Å²) in [6.07, 6.45) is 1.88. The highest BCUT2D eigenvalue weighted by atomic mass is 79.9. The SMILES string of the molecule is Cc1cnc(NC(C)c2cc(C)sc2C)c(Br)c1. The molecule has 2 rings (SSSR count). The van der Waals surface area contributed by atoms with Crippen molar-refractivity contribution >= 4 is 33.1 Å². The Morgan fingerprint density at radius 1 is 1.28 bits per heavy atom. The van der Waals surface area contributed by atoms with E-state index in [1.54, 1.807) is 0 Å². The third-order valence-electron chi connectivity index (χ3n) is 2.88. The van der Waals surface area contributed by atoms with Crippen LogP contribution in [0.25, 0.3) is 0 Å². The molecule has 1 atom stereocenters. The number of aromatic nitrogens is 1. The highest BCUT2D eigenvalue weighted by molar-refractivity contribution is 9.10. The summed E-state index contributed by atoms with van der Waals surface area (Å²) in [4.78, 5) is 7.15. The molecule has 0 spiro atoms. The number of nitrogens with zero attached hydrogens (tertiary/aromatic N) is 1. The molecule has 2 heterocycles. The standard InChI is InChI=1S/C14H17BrN2S/c1-8-5-13(15)14(16-7-8)17-10(3)12-6-9(2)18-11(12)4/h5-7,10H,1-4H3,(H,16,17). The van der Waals surface area contributed by atoms with Crippen molar-refractivity contribution in [2.45, 2.75) is 33.7 Å². The van der Waals surface area contributed by atoms with Gasteiger partial charge in [0.2, 0.25) is 0 Å². The lowest BCUT2D eigenvalue weighted by Crippen LogP contribution is -2.08. The lowest BCUT2D eigenvalue weighted by atomic mass is 10.1. The van der Waals surface area contributed by atoms with Crippen molar-refractivity contribution in [3.05, 3.63) is 43.7 Å². The Morgan fingerprint density at radius 3 is 2.56 bits per heavy atom. The minimum atomic E-state index is 0.265. The van der Waals surface area contributed by atoms with E-state index < -0.39 is 0 Å². The summed E-state index contributed by atoms with van der Waals surface area (Å²) in [6, 6.07) is 4.59. The fraction of sp³-hybridized carbons (Fsp3) is 0.357. The molecule has 4 heteroatoms. The van der Waals surface area contributed by atoms with Crippen LogP contribution in [0.4, 0.5) is 5.82 Å². The molecule has 18 heavy (non-hydrogen) atoms. The van der Waals surface area contributed by atoms with Gasteiger partial charge >= 0.3 is 0 Å². The predicted molar refractivity (Wildman–Crippen MR) is 82.5 cm³/mol. The van der Waals surface area contributed by atoms with Gasteiger partial charge in [-0.15, -0.1) is 11.3 Å². The molecule has 0 saturated heterocycles. The highest BCUT2D eigenvalue weighted by Gasteiger charge is 2.13. The van der Waals surface area contributed by atoms with Crippen molar-refractivity contribution in [2.75, 3.05) is 5.32 Å². The van der Waals surface area contributed by atoms with Gasteiger partial charge in [0.25, 0.3) is 0 Å². The van der Waals surface area contributed by atoms with Gasteiger partial charge in [-0.2, -0.15) is 0 Å². The summed E-state index contributed by atoms with van der Waals surface area (Å²) in [5, 5.41) is 3.46. The van der Waals surface area contributed by atoms with Crippen LogP contribution in [0.2, 0.25) is 0 Å². The van der Waals surface area contributed by atoms with E-state index in [0.717, 1.165) is 15.9 Å². The molecule has 0 fully saturated rings. The minimum Gasteiger partial charge on any atom is -0.363 e. The molecule has 2 aromatic rings. The van der Waals surface area contributed by atoms with E-state index >= 15 is 0 Å². The van der Waals surface area contributed by atoms with Gasteiger partial charge < -0.3 is 5.32 Å². The number of aryl methyl sites for hydroxylation is 3. The zero-order chi connectivity index (χ0) is 13.3. The predicted octanol–water partition coefficient (Wildman–Crippen LogP) is 5.00. The molecule has 2 aromatic heterocycles. The van der Waals surface area contributed by atoms with Gasteiger partial charge in [0.05, 0.1) is 10.5 Å². The Kier molecular flexibility index (Phi) is 4.07. The minimum absolute atomic E-state index is 0.265. The van der Waals surface area contributed by atoms with Crippen molar-refractivity contribution in [2.24, 2.45) is 0 Å². The lowest BCUT2D eigenvalue weighted by molar-refractivity contribution is 0.869. The maximum Gasteiger partial charge on any atom is 0.140 e. The van der Waals surface area contributed by atoms with Crippen LogP contribution in [-0.4, -0.2) is 4.98 Å². The van der Waals surface area contributed by atoms with Gasteiger partial charge in [-0.05, 0) is 66.9 Å². The molecule has 0 aliphatic rings. The molecule has 1 unspecified atom stereocenters. The molecule has 0 aromatic carbocycles. The van der Waals surface area contributed by atoms with E-state index in [1.165, 1.54) is 15.3 Å². The van der Waals surface area contributed by atoms with Crippen molar-refractivity contribution in [3.63, 3.8) is 0 Å². The van der Waals surface area contributed by atoms with Crippen molar-refractivity contribution in [1.29, 1.82) is 0 Å². The second-order valence-corrected chi connectivity index (χ2v) is 6.89. The molecular formula is C14H17BrN2S. The summed E-state index contributed by atoms with van der Waals surface area (Å²) >= 11 is 5.39. The van der Waals surface area contributed by atoms with Crippen molar-refractivity contribution in [3.8, 4) is 0 Å². The molecule has 0 amide bonds. The molecular weight excluding hydrogens is 308 g/mol. The van der Waals surface area contributed by atoms with Gasteiger partial charge in [0.15, 0.2) is 0 Å². The van der Waals surface area contributed by atoms with E-state index in [-0.39, 0.29) is 6.04 Å². The van der Waals surface area contributed by atoms with E-state index in [4.69, 9.17) is 0 Å². The summed E-state index contributed by atoms with van der Waals surface area (Å²) < 4.78 is 1.01. The molecule has 0 saturated carbocycles. The second-order valence-electron chi connectivity index (χ2n) is 4.58. The highest BCUT2D eigenvalue weighted by Crippen LogP contribution is 2.30. The smallest absolute Gasteiger partial charge is 0.140 e. The molecule has 1 N–H and O–H groups in total. The Balaban J connectivity index is 2.21. The third-order valence-corrected chi connectivity index (χ3v) is 4.46. The summed E-state index contributed by atoms with van der Waals surface area (Å²) in [6.45, 7) is 8.52. The molecule has 0 bridgehead atoms. The summed E-state index contributed by atoms with van der Waals surface area (Å²) in [5.41, 5.74) is 2.51. The molecule has 0 aliphatic heterocycles. The van der Waals surface area contributed by atoms with Crippen LogP contribution in [0, 0.1) is 20.8 Å². The van der Waals surface area contributed by atoms with E-state index in [0.29, 0.717) is 0 Å². The van der Waals surface area contributed by atoms with Crippen LogP contribution in [0.1, 0.15) is 33.8 Å². The van der Waals surface area contributed by atoms with Gasteiger partial charge in [0, 0.05) is 16.0 Å². The fourth-order valence-corrected chi connectivity index (χ4v) is 3.60. The first-order valence-electron chi connectivity index (χ1n) is 5.93. The fourth-order valence-electron chi connectivity index (χ4n) is 2.00. The van der Waals surface area contributed by atoms with Crippen LogP contribution >= 0.6 is 27.3 Å². The summed E-state index contributed by atoms with van der Waals surface area (Å²) in [7, 11) is 0. The number of hydrogen-bond acceptors (Lipinski definition) is 3. The van der Waals surface area contributed by atoms with E-state index in [2.05, 4.69) is 59.1 Å². The Bertz CT molecular complexity index is 563. The summed E-state index contributed by atoms with van der Waals surface area (Å²) in [5.74, 6) is 0.899. The van der Waals surface area contributed by atoms with Gasteiger partial charge in [0.1, 0.15) is 5.82 Å². The van der Waals surface area contributed by atoms with Crippen molar-refractivity contribution < 1.29 is 0 Å². The van der Waals surface area contributed by atoms with Crippen LogP contribution < -0.4 is 5.32 Å². The average Bonchev–Trinajstić information content (AvgIpc) is 2.62. The monoisotopic (exact) mass is 324 g/mol. The first-order valence-corrected chi connectivity index (χ1v) is 7.54. The average molecular weight is 325 g/mol. The Labute approximate surface area is 121 Å². The van der Waals surface area contributed by atoms with Crippen molar-refractivity contribution in [1.82, 2.24) is 4.98 Å². The number of pyridine rings is 1. The first-order chi connectivity index (χ1) is 8.47. The first kappa shape index (κ1) is 13.6. The number of thiophene rings is 1. The number of anilines is 1. The zero-order valence-corrected chi connectivity index (χ0v) is 13.4. The molecule has 0 aliphatic carbocycles. The zero-order valence-electron chi connectivity index (χ0n) is 11.0. The van der Waals surface area contributed by atoms with Gasteiger partial charge in [-0.25, -0.2) is 4.98 Å². The normalized spacial score (nSPS) is 12.5. The second kappa shape index (κ2) is 5.41. The van der Waals surface area contributed by atoms with Crippen LogP contribution in [0.15, 0.2) is 22.8 Å².